The monoisotopic (exact) mass is 241 g/mol. The summed E-state index contributed by atoms with van der Waals surface area (Å²) in [6.45, 7) is 0. The molecule has 0 spiro atoms. The van der Waals surface area contributed by atoms with Gasteiger partial charge >= 0.3 is 5.97 Å². The molecule has 1 rings (SSSR count). The third kappa shape index (κ3) is 3.37. The van der Waals surface area contributed by atoms with Gasteiger partial charge in [0.05, 0.1) is 5.56 Å². The molecule has 3 N–H and O–H groups in total. The molecule has 0 bridgehead atoms. The standard InChI is InChI=1S/C11H9F2NO3/c12-8-5-9(13)7(11(16)17)4-6(8)2-1-3-10(14)15/h1-2,4-5H,3H2,(H2,14,15)(H,16,17). The summed E-state index contributed by atoms with van der Waals surface area (Å²) in [5.41, 5.74) is 4.10. The summed E-state index contributed by atoms with van der Waals surface area (Å²) in [5, 5.41) is 8.63. The molecule has 0 heterocycles. The molecule has 0 radical (unpaired) electrons. The van der Waals surface area contributed by atoms with E-state index in [0.29, 0.717) is 6.07 Å². The van der Waals surface area contributed by atoms with Gasteiger partial charge in [0.1, 0.15) is 11.6 Å². The van der Waals surface area contributed by atoms with Crippen LogP contribution in [0.2, 0.25) is 0 Å². The number of hydrogen-bond acceptors (Lipinski definition) is 2. The first-order valence-corrected chi connectivity index (χ1v) is 4.59. The molecular formula is C11H9F2NO3. The summed E-state index contributed by atoms with van der Waals surface area (Å²) in [5.74, 6) is -4.16. The van der Waals surface area contributed by atoms with Crippen molar-refractivity contribution < 1.29 is 23.5 Å². The van der Waals surface area contributed by atoms with Crippen LogP contribution in [-0.2, 0) is 4.79 Å². The van der Waals surface area contributed by atoms with E-state index in [0.717, 1.165) is 6.07 Å². The van der Waals surface area contributed by atoms with Crippen LogP contribution >= 0.6 is 0 Å². The Morgan fingerprint density at radius 2 is 1.94 bits per heavy atom. The number of carboxylic acids is 1. The molecule has 0 aliphatic carbocycles. The van der Waals surface area contributed by atoms with Crippen LogP contribution in [-0.4, -0.2) is 17.0 Å². The normalized spacial score (nSPS) is 10.7. The van der Waals surface area contributed by atoms with E-state index in [2.05, 4.69) is 0 Å². The third-order valence-corrected chi connectivity index (χ3v) is 1.93. The number of nitrogens with two attached hydrogens (primary N) is 1. The van der Waals surface area contributed by atoms with Crippen LogP contribution < -0.4 is 5.73 Å². The first-order valence-electron chi connectivity index (χ1n) is 4.59. The van der Waals surface area contributed by atoms with Crippen LogP contribution in [0.4, 0.5) is 8.78 Å². The number of hydrogen-bond donors (Lipinski definition) is 2. The fourth-order valence-electron chi connectivity index (χ4n) is 1.16. The minimum atomic E-state index is -1.49. The van der Waals surface area contributed by atoms with Crippen molar-refractivity contribution in [1.29, 1.82) is 0 Å². The number of aromatic carboxylic acids is 1. The number of carbonyl (C=O) groups is 2. The number of halogens is 2. The molecule has 1 aromatic rings. The number of carbonyl (C=O) groups excluding carboxylic acids is 1. The molecule has 0 unspecified atom stereocenters. The fourth-order valence-corrected chi connectivity index (χ4v) is 1.16. The maximum absolute atomic E-state index is 13.2. The van der Waals surface area contributed by atoms with E-state index >= 15 is 0 Å². The molecule has 17 heavy (non-hydrogen) atoms. The molecule has 90 valence electrons. The van der Waals surface area contributed by atoms with Gasteiger partial charge in [-0.05, 0) is 6.07 Å². The average Bonchev–Trinajstić information content (AvgIpc) is 2.20. The van der Waals surface area contributed by atoms with Crippen LogP contribution in [0.1, 0.15) is 22.3 Å². The van der Waals surface area contributed by atoms with Crippen LogP contribution in [0.3, 0.4) is 0 Å². The maximum Gasteiger partial charge on any atom is 0.338 e. The first kappa shape index (κ1) is 12.8. The van der Waals surface area contributed by atoms with Crippen molar-refractivity contribution in [3.8, 4) is 0 Å². The second kappa shape index (κ2) is 5.20. The third-order valence-electron chi connectivity index (χ3n) is 1.93. The Kier molecular flexibility index (Phi) is 3.92. The summed E-state index contributed by atoms with van der Waals surface area (Å²) in [4.78, 5) is 21.0. The van der Waals surface area contributed by atoms with Crippen molar-refractivity contribution >= 4 is 18.0 Å². The summed E-state index contributed by atoms with van der Waals surface area (Å²) in [6, 6.07) is 1.33. The van der Waals surface area contributed by atoms with Crippen molar-refractivity contribution in [1.82, 2.24) is 0 Å². The van der Waals surface area contributed by atoms with Crippen molar-refractivity contribution in [2.45, 2.75) is 6.42 Å². The number of primary amides is 1. The smallest absolute Gasteiger partial charge is 0.338 e. The molecule has 6 heteroatoms. The minimum Gasteiger partial charge on any atom is -0.478 e. The number of carboxylic acid groups (broad SMARTS) is 1. The summed E-state index contributed by atoms with van der Waals surface area (Å²) >= 11 is 0. The van der Waals surface area contributed by atoms with Crippen molar-refractivity contribution in [3.63, 3.8) is 0 Å². The van der Waals surface area contributed by atoms with Crippen molar-refractivity contribution in [3.05, 3.63) is 41.0 Å². The molecule has 0 aromatic heterocycles. The Bertz CT molecular complexity index is 498. The Morgan fingerprint density at radius 1 is 1.29 bits per heavy atom. The largest absolute Gasteiger partial charge is 0.478 e. The second-order valence-corrected chi connectivity index (χ2v) is 3.23. The predicted octanol–water partition coefficient (Wildman–Crippen LogP) is 1.55. The number of rotatable bonds is 4. The van der Waals surface area contributed by atoms with Crippen LogP contribution in [0, 0.1) is 11.6 Å². The Hall–Kier alpha value is -2.24. The highest BCUT2D eigenvalue weighted by Gasteiger charge is 2.13. The molecule has 1 amide bonds. The molecule has 0 aliphatic rings. The van der Waals surface area contributed by atoms with E-state index in [-0.39, 0.29) is 12.0 Å². The lowest BCUT2D eigenvalue weighted by molar-refractivity contribution is -0.117. The fraction of sp³-hybridized carbons (Fsp3) is 0.0909. The van der Waals surface area contributed by atoms with Gasteiger partial charge in [0, 0.05) is 18.1 Å². The van der Waals surface area contributed by atoms with E-state index in [1.807, 2.05) is 0 Å². The predicted molar refractivity (Wildman–Crippen MR) is 56.2 cm³/mol. The zero-order chi connectivity index (χ0) is 13.0. The highest BCUT2D eigenvalue weighted by Crippen LogP contribution is 2.16. The highest BCUT2D eigenvalue weighted by atomic mass is 19.1. The van der Waals surface area contributed by atoms with Gasteiger partial charge < -0.3 is 10.8 Å². The van der Waals surface area contributed by atoms with Gasteiger partial charge in [-0.1, -0.05) is 12.2 Å². The number of amides is 1. The molecule has 0 saturated carbocycles. The molecule has 4 nitrogen and oxygen atoms in total. The molecule has 1 aromatic carbocycles. The van der Waals surface area contributed by atoms with Crippen LogP contribution in [0.15, 0.2) is 18.2 Å². The quantitative estimate of drug-likeness (QED) is 0.839. The molecule has 0 saturated heterocycles. The Morgan fingerprint density at radius 3 is 2.47 bits per heavy atom. The van der Waals surface area contributed by atoms with E-state index in [9.17, 15) is 18.4 Å². The summed E-state index contributed by atoms with van der Waals surface area (Å²) in [6.07, 6.45) is 2.33. The maximum atomic E-state index is 13.2. The van der Waals surface area contributed by atoms with Gasteiger partial charge in [-0.15, -0.1) is 0 Å². The van der Waals surface area contributed by atoms with Gasteiger partial charge in [-0.2, -0.15) is 0 Å². The molecule has 0 fully saturated rings. The van der Waals surface area contributed by atoms with Crippen LogP contribution in [0.25, 0.3) is 6.08 Å². The summed E-state index contributed by atoms with van der Waals surface area (Å²) < 4.78 is 26.2. The topological polar surface area (TPSA) is 80.4 Å². The lowest BCUT2D eigenvalue weighted by Gasteiger charge is -2.01. The second-order valence-electron chi connectivity index (χ2n) is 3.23. The van der Waals surface area contributed by atoms with Gasteiger partial charge in [-0.25, -0.2) is 13.6 Å². The van der Waals surface area contributed by atoms with E-state index in [4.69, 9.17) is 10.8 Å². The first-order chi connectivity index (χ1) is 7.91. The molecular weight excluding hydrogens is 232 g/mol. The van der Waals surface area contributed by atoms with E-state index in [1.165, 1.54) is 12.2 Å². The molecule has 0 aliphatic heterocycles. The van der Waals surface area contributed by atoms with Crippen LogP contribution in [0.5, 0.6) is 0 Å². The van der Waals surface area contributed by atoms with Gasteiger partial charge in [-0.3, -0.25) is 4.79 Å². The van der Waals surface area contributed by atoms with Gasteiger partial charge in [0.2, 0.25) is 5.91 Å². The lowest BCUT2D eigenvalue weighted by Crippen LogP contribution is -2.08. The van der Waals surface area contributed by atoms with Crippen molar-refractivity contribution in [2.24, 2.45) is 5.73 Å². The lowest BCUT2D eigenvalue weighted by atomic mass is 10.1. The van der Waals surface area contributed by atoms with Gasteiger partial charge in [0.25, 0.3) is 0 Å². The summed E-state index contributed by atoms with van der Waals surface area (Å²) in [7, 11) is 0. The molecule has 0 atom stereocenters. The minimum absolute atomic E-state index is 0.112. The Labute approximate surface area is 95.4 Å². The Balaban J connectivity index is 3.07. The SMILES string of the molecule is NC(=O)CC=Cc1cc(C(=O)O)c(F)cc1F. The van der Waals surface area contributed by atoms with E-state index < -0.39 is 29.1 Å². The highest BCUT2D eigenvalue weighted by molar-refractivity contribution is 5.88. The van der Waals surface area contributed by atoms with Gasteiger partial charge in [0.15, 0.2) is 0 Å². The van der Waals surface area contributed by atoms with Crippen molar-refractivity contribution in [2.75, 3.05) is 0 Å². The zero-order valence-electron chi connectivity index (χ0n) is 8.61. The zero-order valence-corrected chi connectivity index (χ0v) is 8.61. The average molecular weight is 241 g/mol. The van der Waals surface area contributed by atoms with E-state index in [1.54, 1.807) is 0 Å². The number of benzene rings is 1.